The number of nitrogens with zero attached hydrogens (tertiary/aromatic N) is 4. The minimum atomic E-state index is -0.971. The summed E-state index contributed by atoms with van der Waals surface area (Å²) in [6.07, 6.45) is -0.125. The van der Waals surface area contributed by atoms with Gasteiger partial charge in [-0.3, -0.25) is 19.2 Å². The van der Waals surface area contributed by atoms with E-state index in [9.17, 15) is 28.8 Å². The van der Waals surface area contributed by atoms with Crippen molar-refractivity contribution in [2.75, 3.05) is 0 Å². The van der Waals surface area contributed by atoms with Crippen LogP contribution in [0.3, 0.4) is 0 Å². The Hall–Kier alpha value is -6.18. The topological polar surface area (TPSA) is 171 Å². The Morgan fingerprint density at radius 3 is 1.08 bits per heavy atom. The molecule has 2 amide bonds. The van der Waals surface area contributed by atoms with E-state index in [2.05, 4.69) is 10.3 Å². The second-order valence-electron chi connectivity index (χ2n) is 10.9. The maximum absolute atomic E-state index is 12.9. The molecule has 0 N–H and O–H groups in total. The van der Waals surface area contributed by atoms with Gasteiger partial charge in [0.2, 0.25) is 0 Å². The molecule has 0 aliphatic heterocycles. The molecule has 0 spiro atoms. The van der Waals surface area contributed by atoms with Gasteiger partial charge in [-0.25, -0.2) is 9.59 Å². The van der Waals surface area contributed by atoms with Crippen molar-refractivity contribution in [1.29, 1.82) is 0 Å². The molecule has 14 heteroatoms. The number of rotatable bonds is 12. The standard InChI is InChI=1S/C36H38N4O10/c1-23(41)39(49-27(5)45)35(21-33(37-47-25(3)43)29-13-9-7-10-14-29)31-17-19-32(20-18-31)36(40(24(2)42)50-28(6)46)22-34(38-48-26(4)44)30-15-11-8-12-16-30/h7-20,35-36H,21-22H2,1-6H3/b37-33+,38-34+. The van der Waals surface area contributed by atoms with Gasteiger partial charge < -0.3 is 19.4 Å². The van der Waals surface area contributed by atoms with Crippen molar-refractivity contribution in [2.24, 2.45) is 10.3 Å². The number of carbonyl (C=O) groups excluding carboxylic acids is 6. The summed E-state index contributed by atoms with van der Waals surface area (Å²) in [4.78, 5) is 94.0. The fourth-order valence-electron chi connectivity index (χ4n) is 4.87. The van der Waals surface area contributed by atoms with Crippen molar-refractivity contribution in [3.63, 3.8) is 0 Å². The number of hydroxylamine groups is 4. The lowest BCUT2D eigenvalue weighted by Crippen LogP contribution is -2.37. The molecule has 2 atom stereocenters. The Kier molecular flexibility index (Phi) is 14.1. The largest absolute Gasteiger partial charge is 0.338 e. The molecular weight excluding hydrogens is 648 g/mol. The summed E-state index contributed by atoms with van der Waals surface area (Å²) in [7, 11) is 0. The normalized spacial score (nSPS) is 12.5. The third kappa shape index (κ3) is 11.5. The van der Waals surface area contributed by atoms with Crippen molar-refractivity contribution >= 4 is 47.1 Å². The van der Waals surface area contributed by atoms with Gasteiger partial charge in [0, 0.05) is 54.4 Å². The van der Waals surface area contributed by atoms with Gasteiger partial charge in [0.1, 0.15) is 12.1 Å². The van der Waals surface area contributed by atoms with Crippen LogP contribution in [0.5, 0.6) is 0 Å². The average Bonchev–Trinajstić information content (AvgIpc) is 3.07. The van der Waals surface area contributed by atoms with Gasteiger partial charge in [-0.05, 0) is 22.3 Å². The quantitative estimate of drug-likeness (QED) is 0.141. The van der Waals surface area contributed by atoms with Gasteiger partial charge in [0.25, 0.3) is 11.8 Å². The second-order valence-corrected chi connectivity index (χ2v) is 10.9. The average molecular weight is 687 g/mol. The van der Waals surface area contributed by atoms with Crippen LogP contribution in [-0.2, 0) is 48.1 Å². The molecule has 0 heterocycles. The summed E-state index contributed by atoms with van der Waals surface area (Å²) in [5.41, 5.74) is 2.65. The number of carbonyl (C=O) groups is 6. The summed E-state index contributed by atoms with van der Waals surface area (Å²) in [6.45, 7) is 7.14. The van der Waals surface area contributed by atoms with E-state index < -0.39 is 47.8 Å². The van der Waals surface area contributed by atoms with Gasteiger partial charge >= 0.3 is 23.9 Å². The molecule has 50 heavy (non-hydrogen) atoms. The highest BCUT2D eigenvalue weighted by molar-refractivity contribution is 6.02. The van der Waals surface area contributed by atoms with Gasteiger partial charge in [0.15, 0.2) is 0 Å². The summed E-state index contributed by atoms with van der Waals surface area (Å²) in [6, 6.07) is 22.2. The third-order valence-corrected chi connectivity index (χ3v) is 6.90. The van der Waals surface area contributed by atoms with E-state index in [-0.39, 0.29) is 24.3 Å². The van der Waals surface area contributed by atoms with E-state index in [0.717, 1.165) is 24.0 Å². The minimum Gasteiger partial charge on any atom is -0.338 e. The molecule has 3 aromatic rings. The molecule has 0 bridgehead atoms. The molecule has 0 saturated heterocycles. The van der Waals surface area contributed by atoms with E-state index in [1.54, 1.807) is 84.9 Å². The third-order valence-electron chi connectivity index (χ3n) is 6.90. The SMILES string of the molecule is CC(=O)O/N=C(\CC(c1ccc(C(C/C(=N\OC(C)=O)c2ccccc2)N(OC(C)=O)C(C)=O)cc1)N(OC(C)=O)C(C)=O)c1ccccc1. The fraction of sp³-hybridized carbons (Fsp3) is 0.278. The number of hydrogen-bond donors (Lipinski definition) is 0. The monoisotopic (exact) mass is 686 g/mol. The van der Waals surface area contributed by atoms with Crippen LogP contribution >= 0.6 is 0 Å². The predicted molar refractivity (Wildman–Crippen MR) is 179 cm³/mol. The van der Waals surface area contributed by atoms with Crippen molar-refractivity contribution in [3.8, 4) is 0 Å². The highest BCUT2D eigenvalue weighted by Gasteiger charge is 2.32. The van der Waals surface area contributed by atoms with E-state index in [1.165, 1.54) is 27.7 Å². The summed E-state index contributed by atoms with van der Waals surface area (Å²) in [5, 5.41) is 9.88. The zero-order valence-corrected chi connectivity index (χ0v) is 28.5. The molecular formula is C36H38N4O10. The highest BCUT2D eigenvalue weighted by Crippen LogP contribution is 2.32. The maximum Gasteiger partial charge on any atom is 0.331 e. The summed E-state index contributed by atoms with van der Waals surface area (Å²) < 4.78 is 0. The summed E-state index contributed by atoms with van der Waals surface area (Å²) >= 11 is 0. The van der Waals surface area contributed by atoms with Crippen LogP contribution in [0.1, 0.15) is 88.7 Å². The van der Waals surface area contributed by atoms with Crippen molar-refractivity contribution < 1.29 is 48.1 Å². The fourth-order valence-corrected chi connectivity index (χ4v) is 4.87. The molecule has 0 radical (unpaired) electrons. The lowest BCUT2D eigenvalue weighted by molar-refractivity contribution is -0.205. The van der Waals surface area contributed by atoms with Crippen LogP contribution in [0.4, 0.5) is 0 Å². The molecule has 14 nitrogen and oxygen atoms in total. The lowest BCUT2D eigenvalue weighted by Gasteiger charge is -2.31. The Labute approximate surface area is 289 Å². The van der Waals surface area contributed by atoms with Crippen LogP contribution in [0, 0.1) is 0 Å². The molecule has 2 unspecified atom stereocenters. The molecule has 3 rings (SSSR count). The van der Waals surface area contributed by atoms with E-state index in [4.69, 9.17) is 19.4 Å². The van der Waals surface area contributed by atoms with Crippen LogP contribution in [0.15, 0.2) is 95.2 Å². The van der Waals surface area contributed by atoms with Crippen molar-refractivity contribution in [1.82, 2.24) is 10.1 Å². The number of oxime groups is 2. The Balaban J connectivity index is 2.17. The first-order chi connectivity index (χ1) is 23.8. The second kappa shape index (κ2) is 18.4. The van der Waals surface area contributed by atoms with Gasteiger partial charge in [-0.15, -0.1) is 0 Å². The number of benzene rings is 3. The van der Waals surface area contributed by atoms with Crippen molar-refractivity contribution in [2.45, 2.75) is 66.5 Å². The van der Waals surface area contributed by atoms with E-state index >= 15 is 0 Å². The number of amides is 2. The van der Waals surface area contributed by atoms with Crippen LogP contribution < -0.4 is 0 Å². The molecule has 0 saturated carbocycles. The first-order valence-electron chi connectivity index (χ1n) is 15.4. The van der Waals surface area contributed by atoms with E-state index in [1.807, 2.05) is 0 Å². The minimum absolute atomic E-state index is 0.0624. The molecule has 0 fully saturated rings. The van der Waals surface area contributed by atoms with Gasteiger partial charge in [-0.2, -0.15) is 10.1 Å². The van der Waals surface area contributed by atoms with Crippen LogP contribution in [0.25, 0.3) is 0 Å². The van der Waals surface area contributed by atoms with Gasteiger partial charge in [0.05, 0.1) is 11.4 Å². The first-order valence-corrected chi connectivity index (χ1v) is 15.4. The zero-order chi connectivity index (χ0) is 36.8. The van der Waals surface area contributed by atoms with Crippen LogP contribution in [0.2, 0.25) is 0 Å². The van der Waals surface area contributed by atoms with E-state index in [0.29, 0.717) is 22.3 Å². The molecule has 0 aliphatic carbocycles. The first kappa shape index (κ1) is 38.3. The molecule has 3 aromatic carbocycles. The lowest BCUT2D eigenvalue weighted by atomic mass is 9.93. The smallest absolute Gasteiger partial charge is 0.331 e. The zero-order valence-electron chi connectivity index (χ0n) is 28.5. The van der Waals surface area contributed by atoms with Crippen molar-refractivity contribution in [3.05, 3.63) is 107 Å². The highest BCUT2D eigenvalue weighted by atomic mass is 16.7. The Bertz CT molecular complexity index is 1610. The molecule has 0 aromatic heterocycles. The molecule has 262 valence electrons. The number of hydrogen-bond acceptors (Lipinski definition) is 12. The van der Waals surface area contributed by atoms with Gasteiger partial charge in [-0.1, -0.05) is 95.2 Å². The van der Waals surface area contributed by atoms with Crippen LogP contribution in [-0.4, -0.2) is 57.2 Å². The molecule has 0 aliphatic rings. The summed E-state index contributed by atoms with van der Waals surface area (Å²) in [5.74, 6) is -4.02. The Morgan fingerprint density at radius 1 is 0.500 bits per heavy atom. The Morgan fingerprint density at radius 2 is 0.820 bits per heavy atom. The maximum atomic E-state index is 12.9. The predicted octanol–water partition coefficient (Wildman–Crippen LogP) is 5.14.